The van der Waals surface area contributed by atoms with Gasteiger partial charge in [0, 0.05) is 37.3 Å². The molecule has 1 unspecified atom stereocenters. The van der Waals surface area contributed by atoms with Crippen LogP contribution in [-0.4, -0.2) is 28.4 Å². The van der Waals surface area contributed by atoms with Crippen LogP contribution in [0.15, 0.2) is 30.5 Å². The Bertz CT molecular complexity index is 561. The molecule has 4 nitrogen and oxygen atoms in total. The van der Waals surface area contributed by atoms with Crippen molar-refractivity contribution in [3.8, 4) is 0 Å². The molecule has 88 valence electrons. The number of carbonyl (C=O) groups is 1. The third-order valence-electron chi connectivity index (χ3n) is 3.24. The van der Waals surface area contributed by atoms with E-state index in [1.165, 1.54) is 5.39 Å². The maximum atomic E-state index is 11.6. The highest BCUT2D eigenvalue weighted by molar-refractivity contribution is 5.81. The zero-order chi connectivity index (χ0) is 11.8. The fourth-order valence-electron chi connectivity index (χ4n) is 2.38. The van der Waals surface area contributed by atoms with Crippen LogP contribution in [0.5, 0.6) is 0 Å². The van der Waals surface area contributed by atoms with E-state index in [0.29, 0.717) is 19.5 Å². The van der Waals surface area contributed by atoms with Crippen LogP contribution in [0.4, 0.5) is 0 Å². The first-order valence-electron chi connectivity index (χ1n) is 5.82. The van der Waals surface area contributed by atoms with Crippen LogP contribution in [0.2, 0.25) is 0 Å². The Morgan fingerprint density at radius 2 is 2.29 bits per heavy atom. The van der Waals surface area contributed by atoms with Crippen molar-refractivity contribution in [3.05, 3.63) is 36.0 Å². The number of fused-ring (bicyclic) bond motifs is 1. The van der Waals surface area contributed by atoms with Gasteiger partial charge < -0.3 is 15.6 Å². The van der Waals surface area contributed by atoms with Crippen LogP contribution in [0.25, 0.3) is 10.9 Å². The van der Waals surface area contributed by atoms with Crippen LogP contribution >= 0.6 is 0 Å². The molecule has 0 aliphatic carbocycles. The number of aromatic amines is 1. The highest BCUT2D eigenvalue weighted by Gasteiger charge is 2.26. The van der Waals surface area contributed by atoms with Gasteiger partial charge in [-0.25, -0.2) is 0 Å². The SMILES string of the molecule is NC1CC(=O)N(Cc2ccc3[nH]ccc3c2)C1. The lowest BCUT2D eigenvalue weighted by Gasteiger charge is -2.15. The van der Waals surface area contributed by atoms with Gasteiger partial charge in [0.05, 0.1) is 0 Å². The Morgan fingerprint density at radius 3 is 3.06 bits per heavy atom. The molecule has 2 heterocycles. The summed E-state index contributed by atoms with van der Waals surface area (Å²) in [5.74, 6) is 0.159. The molecule has 1 saturated heterocycles. The monoisotopic (exact) mass is 229 g/mol. The smallest absolute Gasteiger partial charge is 0.224 e. The number of nitrogens with zero attached hydrogens (tertiary/aromatic N) is 1. The van der Waals surface area contributed by atoms with Crippen LogP contribution < -0.4 is 5.73 Å². The molecule has 1 atom stereocenters. The Morgan fingerprint density at radius 1 is 1.41 bits per heavy atom. The van der Waals surface area contributed by atoms with E-state index in [2.05, 4.69) is 17.1 Å². The summed E-state index contributed by atoms with van der Waals surface area (Å²) in [6.45, 7) is 1.33. The normalized spacial score (nSPS) is 20.4. The van der Waals surface area contributed by atoms with E-state index in [1.807, 2.05) is 23.2 Å². The molecule has 4 heteroatoms. The molecule has 1 aliphatic rings. The number of rotatable bonds is 2. The number of benzene rings is 1. The topological polar surface area (TPSA) is 62.1 Å². The summed E-state index contributed by atoms with van der Waals surface area (Å²) in [4.78, 5) is 16.6. The second-order valence-corrected chi connectivity index (χ2v) is 4.64. The minimum absolute atomic E-state index is 0.00140. The maximum Gasteiger partial charge on any atom is 0.224 e. The predicted molar refractivity (Wildman–Crippen MR) is 66.3 cm³/mol. The van der Waals surface area contributed by atoms with Crippen molar-refractivity contribution in [1.29, 1.82) is 0 Å². The van der Waals surface area contributed by atoms with Crippen LogP contribution in [-0.2, 0) is 11.3 Å². The lowest BCUT2D eigenvalue weighted by molar-refractivity contribution is -0.128. The van der Waals surface area contributed by atoms with E-state index in [4.69, 9.17) is 5.73 Å². The third kappa shape index (κ3) is 1.91. The van der Waals surface area contributed by atoms with E-state index in [0.717, 1.165) is 11.1 Å². The minimum Gasteiger partial charge on any atom is -0.361 e. The summed E-state index contributed by atoms with van der Waals surface area (Å²) in [6, 6.07) is 8.25. The Kier molecular flexibility index (Phi) is 2.37. The number of nitrogens with one attached hydrogen (secondary N) is 1. The van der Waals surface area contributed by atoms with Gasteiger partial charge in [-0.15, -0.1) is 0 Å². The van der Waals surface area contributed by atoms with Crippen molar-refractivity contribution >= 4 is 16.8 Å². The van der Waals surface area contributed by atoms with Crippen molar-refractivity contribution < 1.29 is 4.79 Å². The van der Waals surface area contributed by atoms with Crippen LogP contribution in [0.1, 0.15) is 12.0 Å². The summed E-state index contributed by atoms with van der Waals surface area (Å²) >= 11 is 0. The summed E-state index contributed by atoms with van der Waals surface area (Å²) in [6.07, 6.45) is 2.40. The Balaban J connectivity index is 1.82. The highest BCUT2D eigenvalue weighted by atomic mass is 16.2. The summed E-state index contributed by atoms with van der Waals surface area (Å²) in [7, 11) is 0. The lowest BCUT2D eigenvalue weighted by atomic mass is 10.1. The highest BCUT2D eigenvalue weighted by Crippen LogP contribution is 2.18. The van der Waals surface area contributed by atoms with Gasteiger partial charge in [-0.3, -0.25) is 4.79 Å². The van der Waals surface area contributed by atoms with Gasteiger partial charge in [0.25, 0.3) is 0 Å². The predicted octanol–water partition coefficient (Wildman–Crippen LogP) is 1.23. The number of hydrogen-bond donors (Lipinski definition) is 2. The van der Waals surface area contributed by atoms with Crippen molar-refractivity contribution in [2.75, 3.05) is 6.54 Å². The van der Waals surface area contributed by atoms with Gasteiger partial charge in [-0.05, 0) is 29.1 Å². The molecule has 1 aromatic heterocycles. The molecule has 0 radical (unpaired) electrons. The minimum atomic E-state index is -0.00140. The number of aromatic nitrogens is 1. The van der Waals surface area contributed by atoms with Crippen LogP contribution in [0, 0.1) is 0 Å². The van der Waals surface area contributed by atoms with Crippen molar-refractivity contribution in [3.63, 3.8) is 0 Å². The Labute approximate surface area is 99.4 Å². The van der Waals surface area contributed by atoms with Crippen molar-refractivity contribution in [2.24, 2.45) is 5.73 Å². The second kappa shape index (κ2) is 3.89. The molecule has 1 fully saturated rings. The van der Waals surface area contributed by atoms with Gasteiger partial charge in [0.1, 0.15) is 0 Å². The average Bonchev–Trinajstić information content (AvgIpc) is 2.85. The molecule has 1 amide bonds. The third-order valence-corrected chi connectivity index (χ3v) is 3.24. The van der Waals surface area contributed by atoms with Gasteiger partial charge in [-0.1, -0.05) is 6.07 Å². The molecule has 0 bridgehead atoms. The molecule has 2 aromatic rings. The number of amides is 1. The fraction of sp³-hybridized carbons (Fsp3) is 0.308. The first-order valence-corrected chi connectivity index (χ1v) is 5.82. The zero-order valence-corrected chi connectivity index (χ0v) is 9.52. The summed E-state index contributed by atoms with van der Waals surface area (Å²) in [5.41, 5.74) is 8.05. The van der Waals surface area contributed by atoms with E-state index >= 15 is 0 Å². The molecule has 1 aromatic carbocycles. The van der Waals surface area contributed by atoms with Gasteiger partial charge >= 0.3 is 0 Å². The number of H-pyrrole nitrogens is 1. The molecular formula is C13H15N3O. The first-order chi connectivity index (χ1) is 8.22. The lowest BCUT2D eigenvalue weighted by Crippen LogP contribution is -2.27. The Hall–Kier alpha value is -1.81. The molecule has 1 aliphatic heterocycles. The van der Waals surface area contributed by atoms with Crippen molar-refractivity contribution in [1.82, 2.24) is 9.88 Å². The molecule has 3 rings (SSSR count). The van der Waals surface area contributed by atoms with E-state index < -0.39 is 0 Å². The van der Waals surface area contributed by atoms with Gasteiger partial charge in [0.15, 0.2) is 0 Å². The van der Waals surface area contributed by atoms with Crippen molar-refractivity contribution in [2.45, 2.75) is 19.0 Å². The standard InChI is InChI=1S/C13H15N3O/c14-11-6-13(17)16(8-11)7-9-1-2-12-10(5-9)3-4-15-12/h1-5,11,15H,6-8,14H2. The van der Waals surface area contributed by atoms with E-state index in [1.54, 1.807) is 0 Å². The summed E-state index contributed by atoms with van der Waals surface area (Å²) in [5, 5.41) is 1.18. The van der Waals surface area contributed by atoms with Gasteiger partial charge in [-0.2, -0.15) is 0 Å². The second-order valence-electron chi connectivity index (χ2n) is 4.64. The first kappa shape index (κ1) is 10.4. The summed E-state index contributed by atoms with van der Waals surface area (Å²) < 4.78 is 0. The van der Waals surface area contributed by atoms with Crippen LogP contribution in [0.3, 0.4) is 0 Å². The quantitative estimate of drug-likeness (QED) is 0.813. The molecule has 0 saturated carbocycles. The van der Waals surface area contributed by atoms with E-state index in [9.17, 15) is 4.79 Å². The van der Waals surface area contributed by atoms with E-state index in [-0.39, 0.29) is 11.9 Å². The largest absolute Gasteiger partial charge is 0.361 e. The zero-order valence-electron chi connectivity index (χ0n) is 9.52. The van der Waals surface area contributed by atoms with Gasteiger partial charge in [0.2, 0.25) is 5.91 Å². The molecule has 3 N–H and O–H groups in total. The molecule has 0 spiro atoms. The number of likely N-dealkylation sites (tertiary alicyclic amines) is 1. The molecule has 17 heavy (non-hydrogen) atoms. The maximum absolute atomic E-state index is 11.6. The molecular weight excluding hydrogens is 214 g/mol. The fourth-order valence-corrected chi connectivity index (χ4v) is 2.38. The number of hydrogen-bond acceptors (Lipinski definition) is 2. The average molecular weight is 229 g/mol. The number of carbonyl (C=O) groups excluding carboxylic acids is 1. The number of nitrogens with two attached hydrogens (primary N) is 1.